The molecule has 6 nitrogen and oxygen atoms in total. The molecule has 0 radical (unpaired) electrons. The average Bonchev–Trinajstić information content (AvgIpc) is 3.30. The second kappa shape index (κ2) is 7.47. The van der Waals surface area contributed by atoms with Crippen LogP contribution in [-0.4, -0.2) is 39.1 Å². The first-order valence-corrected chi connectivity index (χ1v) is 9.87. The van der Waals surface area contributed by atoms with E-state index in [4.69, 9.17) is 4.74 Å². The van der Waals surface area contributed by atoms with Crippen molar-refractivity contribution in [1.29, 1.82) is 0 Å². The van der Waals surface area contributed by atoms with Crippen LogP contribution in [0.1, 0.15) is 52.3 Å². The second-order valence-corrected chi connectivity index (χ2v) is 7.86. The van der Waals surface area contributed by atoms with Crippen molar-refractivity contribution in [2.75, 3.05) is 6.61 Å². The normalized spacial score (nSPS) is 18.9. The largest absolute Gasteiger partial charge is 0.464 e. The van der Waals surface area contributed by atoms with Crippen molar-refractivity contribution in [3.8, 4) is 0 Å². The van der Waals surface area contributed by atoms with Crippen LogP contribution in [0.15, 0.2) is 22.9 Å². The lowest BCUT2D eigenvalue weighted by atomic mass is 10.0. The minimum atomic E-state index is -2.78. The number of rotatable bonds is 5. The van der Waals surface area contributed by atoms with Gasteiger partial charge in [-0.15, -0.1) is 0 Å². The van der Waals surface area contributed by atoms with E-state index in [0.717, 1.165) is 0 Å². The lowest BCUT2D eigenvalue weighted by Crippen LogP contribution is -2.36. The highest BCUT2D eigenvalue weighted by Crippen LogP contribution is 2.39. The molecule has 154 valence electrons. The van der Waals surface area contributed by atoms with Crippen molar-refractivity contribution in [3.63, 3.8) is 0 Å². The Morgan fingerprint density at radius 1 is 1.41 bits per heavy atom. The lowest BCUT2D eigenvalue weighted by molar-refractivity contribution is -0.149. The molecular formula is C19H17BrF3N3O3. The van der Waals surface area contributed by atoms with Crippen LogP contribution in [0.2, 0.25) is 0 Å². The third kappa shape index (κ3) is 3.33. The molecule has 0 saturated heterocycles. The number of carbonyl (C=O) groups is 2. The molecular weight excluding hydrogens is 455 g/mol. The summed E-state index contributed by atoms with van der Waals surface area (Å²) in [6.07, 6.45) is -2.40. The van der Waals surface area contributed by atoms with Gasteiger partial charge in [-0.1, -0.05) is 15.9 Å². The number of nitrogens with zero attached hydrogens (tertiary/aromatic N) is 3. The zero-order valence-corrected chi connectivity index (χ0v) is 17.0. The molecule has 0 bridgehead atoms. The number of benzene rings is 1. The molecule has 2 aromatic rings. The average molecular weight is 472 g/mol. The Hall–Kier alpha value is -2.36. The number of ether oxygens (including phenoxy) is 1. The summed E-state index contributed by atoms with van der Waals surface area (Å²) in [6.45, 7) is 1.63. The molecule has 2 atom stereocenters. The molecule has 0 spiro atoms. The van der Waals surface area contributed by atoms with Gasteiger partial charge in [-0.2, -0.15) is 0 Å². The van der Waals surface area contributed by atoms with Crippen LogP contribution in [-0.2, 0) is 29.0 Å². The topological polar surface area (TPSA) is 64.4 Å². The van der Waals surface area contributed by atoms with Crippen molar-refractivity contribution >= 4 is 27.8 Å². The Morgan fingerprint density at radius 3 is 2.86 bits per heavy atom. The van der Waals surface area contributed by atoms with Gasteiger partial charge in [0.15, 0.2) is 6.04 Å². The number of fused-ring (bicyclic) bond motifs is 2. The SMILES string of the molecule is CCOC(=O)[C@@H](c1ncn2c1C[C@@H](F)C2)N1Cc2c(cc(Br)cc2C(F)F)C1=O. The highest BCUT2D eigenvalue weighted by molar-refractivity contribution is 9.10. The third-order valence-electron chi connectivity index (χ3n) is 5.17. The van der Waals surface area contributed by atoms with Gasteiger partial charge in [0, 0.05) is 34.3 Å². The van der Waals surface area contributed by atoms with Crippen LogP contribution in [0.25, 0.3) is 0 Å². The quantitative estimate of drug-likeness (QED) is 0.623. The minimum Gasteiger partial charge on any atom is -0.464 e. The van der Waals surface area contributed by atoms with E-state index in [-0.39, 0.29) is 48.5 Å². The highest BCUT2D eigenvalue weighted by Gasteiger charge is 2.43. The molecule has 0 fully saturated rings. The molecule has 2 aliphatic heterocycles. The number of alkyl halides is 3. The van der Waals surface area contributed by atoms with Crippen LogP contribution in [0.3, 0.4) is 0 Å². The van der Waals surface area contributed by atoms with E-state index >= 15 is 0 Å². The molecule has 1 aromatic heterocycles. The van der Waals surface area contributed by atoms with Gasteiger partial charge in [-0.3, -0.25) is 4.79 Å². The Bertz CT molecular complexity index is 995. The molecule has 10 heteroatoms. The zero-order chi connectivity index (χ0) is 20.9. The van der Waals surface area contributed by atoms with Crippen LogP contribution in [0.5, 0.6) is 0 Å². The summed E-state index contributed by atoms with van der Waals surface area (Å²) in [4.78, 5) is 31.3. The Balaban J connectivity index is 1.78. The van der Waals surface area contributed by atoms with Crippen LogP contribution < -0.4 is 0 Å². The number of aromatic nitrogens is 2. The molecule has 0 saturated carbocycles. The number of hydrogen-bond donors (Lipinski definition) is 0. The fourth-order valence-electron chi connectivity index (χ4n) is 3.95. The molecule has 3 heterocycles. The predicted octanol–water partition coefficient (Wildman–Crippen LogP) is 3.74. The van der Waals surface area contributed by atoms with Crippen molar-refractivity contribution in [2.24, 2.45) is 0 Å². The van der Waals surface area contributed by atoms with Crippen molar-refractivity contribution in [2.45, 2.75) is 45.1 Å². The Morgan fingerprint density at radius 2 is 2.17 bits per heavy atom. The Kier molecular flexibility index (Phi) is 5.14. The summed E-state index contributed by atoms with van der Waals surface area (Å²) in [6, 6.07) is 1.49. The second-order valence-electron chi connectivity index (χ2n) is 6.94. The van der Waals surface area contributed by atoms with Crippen LogP contribution in [0, 0.1) is 0 Å². The number of carbonyl (C=O) groups excluding carboxylic acids is 2. The molecule has 0 unspecified atom stereocenters. The van der Waals surface area contributed by atoms with E-state index in [1.165, 1.54) is 23.4 Å². The summed E-state index contributed by atoms with van der Waals surface area (Å²) in [7, 11) is 0. The molecule has 0 N–H and O–H groups in total. The summed E-state index contributed by atoms with van der Waals surface area (Å²) < 4.78 is 48.0. The summed E-state index contributed by atoms with van der Waals surface area (Å²) in [5, 5.41) is 0. The fraction of sp³-hybridized carbons (Fsp3) is 0.421. The van der Waals surface area contributed by atoms with E-state index in [1.54, 1.807) is 11.5 Å². The van der Waals surface area contributed by atoms with E-state index in [2.05, 4.69) is 20.9 Å². The van der Waals surface area contributed by atoms with Gasteiger partial charge in [0.05, 0.1) is 25.2 Å². The van der Waals surface area contributed by atoms with Crippen molar-refractivity contribution in [3.05, 3.63) is 51.0 Å². The maximum atomic E-state index is 13.9. The van der Waals surface area contributed by atoms with Crippen LogP contribution in [0.4, 0.5) is 13.2 Å². The highest BCUT2D eigenvalue weighted by atomic mass is 79.9. The number of hydrogen-bond acceptors (Lipinski definition) is 4. The van der Waals surface area contributed by atoms with Gasteiger partial charge < -0.3 is 14.2 Å². The summed E-state index contributed by atoms with van der Waals surface area (Å²) in [5.41, 5.74) is 0.730. The monoisotopic (exact) mass is 471 g/mol. The minimum absolute atomic E-state index is 0.0635. The zero-order valence-electron chi connectivity index (χ0n) is 15.4. The number of esters is 1. The smallest absolute Gasteiger partial charge is 0.335 e. The molecule has 29 heavy (non-hydrogen) atoms. The standard InChI is InChI=1S/C19H17BrF3N3O3/c1-2-29-19(28)16(15-14-5-10(21)6-25(14)8-24-15)26-7-13-11(17(22)23)3-9(20)4-12(13)18(26)27/h3-4,8,10,16-17H,2,5-7H2,1H3/t10-,16-/m1/s1. The third-order valence-corrected chi connectivity index (χ3v) is 5.63. The van der Waals surface area contributed by atoms with Crippen molar-refractivity contribution in [1.82, 2.24) is 14.5 Å². The summed E-state index contributed by atoms with van der Waals surface area (Å²) in [5.74, 6) is -1.30. The number of imidazole rings is 1. The van der Waals surface area contributed by atoms with Gasteiger partial charge in [0.2, 0.25) is 0 Å². The molecule has 4 rings (SSSR count). The van der Waals surface area contributed by atoms with E-state index in [1.807, 2.05) is 0 Å². The van der Waals surface area contributed by atoms with Gasteiger partial charge >= 0.3 is 5.97 Å². The van der Waals surface area contributed by atoms with E-state index < -0.39 is 30.5 Å². The van der Waals surface area contributed by atoms with Crippen molar-refractivity contribution < 1.29 is 27.5 Å². The lowest BCUT2D eigenvalue weighted by Gasteiger charge is -2.25. The predicted molar refractivity (Wildman–Crippen MR) is 99.2 cm³/mol. The van der Waals surface area contributed by atoms with E-state index in [0.29, 0.717) is 10.2 Å². The van der Waals surface area contributed by atoms with Gasteiger partial charge in [0.25, 0.3) is 12.3 Å². The first-order chi connectivity index (χ1) is 13.8. The Labute approximate surface area is 172 Å². The molecule has 1 amide bonds. The first kappa shape index (κ1) is 19.9. The number of amides is 1. The first-order valence-electron chi connectivity index (χ1n) is 9.07. The maximum absolute atomic E-state index is 13.9. The number of halogens is 4. The summed E-state index contributed by atoms with van der Waals surface area (Å²) >= 11 is 3.16. The van der Waals surface area contributed by atoms with Gasteiger partial charge in [-0.25, -0.2) is 22.9 Å². The molecule has 1 aromatic carbocycles. The fourth-order valence-corrected chi connectivity index (χ4v) is 4.43. The van der Waals surface area contributed by atoms with Gasteiger partial charge in [-0.05, 0) is 24.6 Å². The maximum Gasteiger partial charge on any atom is 0.335 e. The van der Waals surface area contributed by atoms with E-state index in [9.17, 15) is 22.8 Å². The van der Waals surface area contributed by atoms with Crippen LogP contribution >= 0.6 is 15.9 Å². The molecule has 2 aliphatic rings. The van der Waals surface area contributed by atoms with Gasteiger partial charge in [0.1, 0.15) is 6.17 Å². The molecule has 0 aliphatic carbocycles.